The van der Waals surface area contributed by atoms with Crippen LogP contribution >= 0.6 is 0 Å². The van der Waals surface area contributed by atoms with Crippen LogP contribution in [-0.2, 0) is 10.2 Å². The quantitative estimate of drug-likeness (QED) is 0.515. The van der Waals surface area contributed by atoms with Gasteiger partial charge in [-0.05, 0) is 54.8 Å². The first kappa shape index (κ1) is 22.6. The smallest absolute Gasteiger partial charge is 0.412 e. The van der Waals surface area contributed by atoms with Crippen molar-refractivity contribution in [1.82, 2.24) is 15.2 Å². The van der Waals surface area contributed by atoms with E-state index >= 15 is 0 Å². The Hall–Kier alpha value is -4.14. The van der Waals surface area contributed by atoms with Crippen molar-refractivity contribution in [2.24, 2.45) is 0 Å². The van der Waals surface area contributed by atoms with Crippen LogP contribution in [0.25, 0.3) is 16.5 Å². The number of hydrogen-bond acceptors (Lipinski definition) is 4. The van der Waals surface area contributed by atoms with Crippen molar-refractivity contribution in [2.75, 3.05) is 6.54 Å². The van der Waals surface area contributed by atoms with Crippen molar-refractivity contribution in [2.45, 2.75) is 38.1 Å². The number of ether oxygens (including phenoxy) is 1. The SMILES string of the molecule is CC1(C)CN(C(=O)c2ccc(F)cc2)C=C(C(=O)O)c2[nH]c3cc(OC(=O)NC4CC4)ccc3c21. The number of amides is 2. The van der Waals surface area contributed by atoms with Gasteiger partial charge in [0.2, 0.25) is 0 Å². The van der Waals surface area contributed by atoms with Crippen LogP contribution < -0.4 is 10.1 Å². The van der Waals surface area contributed by atoms with Crippen LogP contribution in [0.2, 0.25) is 0 Å². The van der Waals surface area contributed by atoms with Crippen molar-refractivity contribution in [3.8, 4) is 5.75 Å². The molecule has 9 heteroatoms. The number of rotatable bonds is 4. The molecule has 1 aliphatic carbocycles. The van der Waals surface area contributed by atoms with E-state index in [9.17, 15) is 23.9 Å². The third-order valence-corrected chi connectivity index (χ3v) is 6.26. The summed E-state index contributed by atoms with van der Waals surface area (Å²) in [7, 11) is 0. The van der Waals surface area contributed by atoms with Crippen LogP contribution in [0, 0.1) is 5.82 Å². The molecule has 1 aliphatic heterocycles. The summed E-state index contributed by atoms with van der Waals surface area (Å²) in [6.07, 6.45) is 2.67. The van der Waals surface area contributed by atoms with Gasteiger partial charge in [0.15, 0.2) is 0 Å². The zero-order chi connectivity index (χ0) is 24.9. The summed E-state index contributed by atoms with van der Waals surface area (Å²) >= 11 is 0. The molecule has 1 aromatic heterocycles. The number of nitrogens with one attached hydrogen (secondary N) is 2. The maximum Gasteiger partial charge on any atom is 0.412 e. The van der Waals surface area contributed by atoms with Gasteiger partial charge in [0, 0.05) is 46.7 Å². The molecule has 2 aromatic carbocycles. The summed E-state index contributed by atoms with van der Waals surface area (Å²) in [5.74, 6) is -1.76. The van der Waals surface area contributed by atoms with Crippen LogP contribution in [0.5, 0.6) is 5.75 Å². The fourth-order valence-electron chi connectivity index (χ4n) is 4.50. The molecule has 3 aromatic rings. The lowest BCUT2D eigenvalue weighted by atomic mass is 9.81. The third-order valence-electron chi connectivity index (χ3n) is 6.26. The second-order valence-corrected chi connectivity index (χ2v) is 9.56. The van der Waals surface area contributed by atoms with Crippen LogP contribution in [0.3, 0.4) is 0 Å². The molecule has 5 rings (SSSR count). The Morgan fingerprint density at radius 3 is 2.51 bits per heavy atom. The maximum absolute atomic E-state index is 13.3. The lowest BCUT2D eigenvalue weighted by Gasteiger charge is -2.29. The maximum atomic E-state index is 13.3. The minimum absolute atomic E-state index is 0.0776. The number of hydrogen-bond donors (Lipinski definition) is 3. The number of aromatic amines is 1. The number of carboxylic acid groups (broad SMARTS) is 1. The number of aromatic nitrogens is 1. The number of halogens is 1. The summed E-state index contributed by atoms with van der Waals surface area (Å²) in [6.45, 7) is 4.05. The molecular formula is C26H24FN3O5. The Bertz CT molecular complexity index is 1390. The van der Waals surface area contributed by atoms with Gasteiger partial charge in [-0.25, -0.2) is 14.0 Å². The molecule has 0 saturated heterocycles. The highest BCUT2D eigenvalue weighted by Gasteiger charge is 2.37. The standard InChI is InChI=1S/C26H24FN3O5/c1-26(2)13-30(23(31)14-3-5-15(27)6-4-14)12-19(24(32)33)22-21(26)18-10-9-17(11-20(18)29-22)35-25(34)28-16-7-8-16/h3-6,9-12,16,29H,7-8,13H2,1-2H3,(H,28,34)(H,32,33). The van der Waals surface area contributed by atoms with E-state index in [-0.39, 0.29) is 23.7 Å². The zero-order valence-electron chi connectivity index (χ0n) is 19.2. The summed E-state index contributed by atoms with van der Waals surface area (Å²) in [5.41, 5.74) is 1.26. The number of H-pyrrole nitrogens is 1. The molecule has 2 amide bonds. The third kappa shape index (κ3) is 4.37. The molecular weight excluding hydrogens is 453 g/mol. The van der Waals surface area contributed by atoms with Gasteiger partial charge in [-0.3, -0.25) is 4.79 Å². The van der Waals surface area contributed by atoms with Crippen LogP contribution in [-0.4, -0.2) is 45.5 Å². The van der Waals surface area contributed by atoms with Gasteiger partial charge in [0.05, 0.1) is 11.3 Å². The van der Waals surface area contributed by atoms with Crippen molar-refractivity contribution >= 4 is 34.4 Å². The summed E-state index contributed by atoms with van der Waals surface area (Å²) in [6, 6.07) is 10.4. The van der Waals surface area contributed by atoms with Crippen molar-refractivity contribution in [3.63, 3.8) is 0 Å². The molecule has 0 spiro atoms. The van der Waals surface area contributed by atoms with E-state index in [4.69, 9.17) is 4.74 Å². The van der Waals surface area contributed by atoms with Crippen LogP contribution in [0.15, 0.2) is 48.7 Å². The zero-order valence-corrected chi connectivity index (χ0v) is 19.2. The molecule has 1 saturated carbocycles. The molecule has 8 nitrogen and oxygen atoms in total. The van der Waals surface area contributed by atoms with E-state index in [1.54, 1.807) is 18.2 Å². The van der Waals surface area contributed by atoms with Gasteiger partial charge >= 0.3 is 12.1 Å². The monoisotopic (exact) mass is 477 g/mol. The lowest BCUT2D eigenvalue weighted by molar-refractivity contribution is -0.130. The van der Waals surface area contributed by atoms with Gasteiger partial charge in [0.1, 0.15) is 11.6 Å². The number of carbonyl (C=O) groups excluding carboxylic acids is 2. The van der Waals surface area contributed by atoms with Gasteiger partial charge in [-0.2, -0.15) is 0 Å². The second kappa shape index (κ2) is 8.26. The van der Waals surface area contributed by atoms with E-state index < -0.39 is 29.2 Å². The van der Waals surface area contributed by atoms with Crippen LogP contribution in [0.4, 0.5) is 9.18 Å². The van der Waals surface area contributed by atoms with Gasteiger partial charge < -0.3 is 25.0 Å². The molecule has 2 heterocycles. The molecule has 1 fully saturated rings. The molecule has 35 heavy (non-hydrogen) atoms. The highest BCUT2D eigenvalue weighted by Crippen LogP contribution is 2.41. The van der Waals surface area contributed by atoms with Gasteiger partial charge in [-0.1, -0.05) is 13.8 Å². The molecule has 0 bridgehead atoms. The topological polar surface area (TPSA) is 112 Å². The largest absolute Gasteiger partial charge is 0.478 e. The number of carbonyl (C=O) groups is 3. The Balaban J connectivity index is 1.55. The Morgan fingerprint density at radius 2 is 1.86 bits per heavy atom. The number of fused-ring (bicyclic) bond motifs is 3. The van der Waals surface area contributed by atoms with E-state index in [2.05, 4.69) is 10.3 Å². The predicted molar refractivity (Wildman–Crippen MR) is 127 cm³/mol. The minimum atomic E-state index is -1.20. The normalized spacial score (nSPS) is 16.8. The van der Waals surface area contributed by atoms with E-state index in [0.717, 1.165) is 23.8 Å². The van der Waals surface area contributed by atoms with Crippen molar-refractivity contribution < 1.29 is 28.6 Å². The lowest BCUT2D eigenvalue weighted by Crippen LogP contribution is -2.36. The van der Waals surface area contributed by atoms with Crippen molar-refractivity contribution in [1.29, 1.82) is 0 Å². The molecule has 3 N–H and O–H groups in total. The number of carboxylic acids is 1. The highest BCUT2D eigenvalue weighted by atomic mass is 19.1. The fraction of sp³-hybridized carbons (Fsp3) is 0.269. The summed E-state index contributed by atoms with van der Waals surface area (Å²) in [5, 5.41) is 13.5. The highest BCUT2D eigenvalue weighted by molar-refractivity contribution is 6.17. The molecule has 2 aliphatic rings. The van der Waals surface area contributed by atoms with Gasteiger partial charge in [-0.15, -0.1) is 0 Å². The summed E-state index contributed by atoms with van der Waals surface area (Å²) in [4.78, 5) is 42.0. The first-order valence-corrected chi connectivity index (χ1v) is 11.3. The minimum Gasteiger partial charge on any atom is -0.478 e. The molecule has 0 atom stereocenters. The van der Waals surface area contributed by atoms with Gasteiger partial charge in [0.25, 0.3) is 5.91 Å². The Labute approximate surface area is 200 Å². The number of nitrogens with zero attached hydrogens (tertiary/aromatic N) is 1. The van der Waals surface area contributed by atoms with E-state index in [1.165, 1.54) is 35.4 Å². The molecule has 180 valence electrons. The average molecular weight is 477 g/mol. The average Bonchev–Trinajstić information content (AvgIpc) is 3.53. The molecule has 0 radical (unpaired) electrons. The molecule has 0 unspecified atom stereocenters. The Morgan fingerprint density at radius 1 is 1.14 bits per heavy atom. The van der Waals surface area contributed by atoms with E-state index in [0.29, 0.717) is 17.0 Å². The van der Waals surface area contributed by atoms with Crippen LogP contribution in [0.1, 0.15) is 48.3 Å². The second-order valence-electron chi connectivity index (χ2n) is 9.56. The van der Waals surface area contributed by atoms with Crippen molar-refractivity contribution in [3.05, 3.63) is 71.3 Å². The first-order valence-electron chi connectivity index (χ1n) is 11.3. The number of benzene rings is 2. The van der Waals surface area contributed by atoms with E-state index in [1.807, 2.05) is 13.8 Å². The predicted octanol–water partition coefficient (Wildman–Crippen LogP) is 4.42. The fourth-order valence-corrected chi connectivity index (χ4v) is 4.50. The first-order chi connectivity index (χ1) is 16.6. The summed E-state index contributed by atoms with van der Waals surface area (Å²) < 4.78 is 18.7. The Kier molecular flexibility index (Phi) is 5.35. The number of aliphatic carboxylic acids is 1.